The van der Waals surface area contributed by atoms with E-state index >= 15 is 0 Å². The molecule has 1 N–H and O–H groups in total. The zero-order chi connectivity index (χ0) is 15.2. The van der Waals surface area contributed by atoms with Crippen molar-refractivity contribution in [2.75, 3.05) is 6.61 Å². The number of halogens is 1. The third-order valence-corrected chi connectivity index (χ3v) is 3.28. The minimum atomic E-state index is -0.185. The molecule has 21 heavy (non-hydrogen) atoms. The number of carbonyl (C=O) groups is 1. The summed E-state index contributed by atoms with van der Waals surface area (Å²) >= 11 is 6.07. The normalized spacial score (nSPS) is 12.0. The molecule has 1 aromatic heterocycles. The maximum Gasteiger partial charge on any atom is 0.258 e. The topological polar surface area (TPSA) is 56.1 Å². The standard InChI is InChI=1S/C15H18ClN3O2/c1-3-11(2)17-14(20)10-21-15-13(16)9-19(18-15)12-7-5-4-6-8-12/h4-9,11H,3,10H2,1-2H3,(H,17,20)/t11-/m0/s1. The van der Waals surface area contributed by atoms with Crippen LogP contribution in [0.15, 0.2) is 36.5 Å². The van der Waals surface area contributed by atoms with Crippen LogP contribution in [0.2, 0.25) is 5.02 Å². The van der Waals surface area contributed by atoms with Gasteiger partial charge in [-0.1, -0.05) is 36.7 Å². The lowest BCUT2D eigenvalue weighted by Gasteiger charge is -2.11. The Morgan fingerprint density at radius 2 is 2.14 bits per heavy atom. The van der Waals surface area contributed by atoms with Gasteiger partial charge in [-0.3, -0.25) is 4.79 Å². The Morgan fingerprint density at radius 1 is 1.43 bits per heavy atom. The minimum Gasteiger partial charge on any atom is -0.465 e. The van der Waals surface area contributed by atoms with Gasteiger partial charge in [0.25, 0.3) is 11.8 Å². The van der Waals surface area contributed by atoms with E-state index in [1.54, 1.807) is 10.9 Å². The summed E-state index contributed by atoms with van der Waals surface area (Å²) in [6.07, 6.45) is 2.52. The highest BCUT2D eigenvalue weighted by molar-refractivity contribution is 6.31. The van der Waals surface area contributed by atoms with E-state index in [0.29, 0.717) is 5.02 Å². The molecule has 0 aliphatic carbocycles. The molecule has 2 rings (SSSR count). The van der Waals surface area contributed by atoms with Crippen molar-refractivity contribution in [3.63, 3.8) is 0 Å². The van der Waals surface area contributed by atoms with Crippen LogP contribution in [-0.2, 0) is 4.79 Å². The fourth-order valence-electron chi connectivity index (χ4n) is 1.70. The van der Waals surface area contributed by atoms with Crippen molar-refractivity contribution in [2.45, 2.75) is 26.3 Å². The molecule has 112 valence electrons. The second-order valence-electron chi connectivity index (χ2n) is 4.73. The maximum absolute atomic E-state index is 11.7. The van der Waals surface area contributed by atoms with Crippen LogP contribution >= 0.6 is 11.6 Å². The van der Waals surface area contributed by atoms with Crippen molar-refractivity contribution in [1.29, 1.82) is 0 Å². The summed E-state index contributed by atoms with van der Waals surface area (Å²) in [6, 6.07) is 9.67. The number of nitrogens with one attached hydrogen (secondary N) is 1. The van der Waals surface area contributed by atoms with Crippen molar-refractivity contribution in [3.05, 3.63) is 41.6 Å². The largest absolute Gasteiger partial charge is 0.465 e. The molecule has 1 atom stereocenters. The predicted molar refractivity (Wildman–Crippen MR) is 82.0 cm³/mol. The SMILES string of the molecule is CC[C@H](C)NC(=O)COc1nn(-c2ccccc2)cc1Cl. The average molecular weight is 308 g/mol. The fourth-order valence-corrected chi connectivity index (χ4v) is 1.89. The molecule has 0 saturated carbocycles. The lowest BCUT2D eigenvalue weighted by Crippen LogP contribution is -2.35. The molecule has 0 radical (unpaired) electrons. The summed E-state index contributed by atoms with van der Waals surface area (Å²) in [5.74, 6) is 0.0644. The van der Waals surface area contributed by atoms with Gasteiger partial charge in [0.15, 0.2) is 6.61 Å². The summed E-state index contributed by atoms with van der Waals surface area (Å²) in [5.41, 5.74) is 0.873. The quantitative estimate of drug-likeness (QED) is 0.893. The summed E-state index contributed by atoms with van der Waals surface area (Å²) in [4.78, 5) is 11.7. The number of aromatic nitrogens is 2. The molecule has 1 aromatic carbocycles. The molecule has 0 fully saturated rings. The summed E-state index contributed by atoms with van der Waals surface area (Å²) in [7, 11) is 0. The summed E-state index contributed by atoms with van der Waals surface area (Å²) < 4.78 is 6.99. The van der Waals surface area contributed by atoms with Gasteiger partial charge >= 0.3 is 0 Å². The first-order valence-electron chi connectivity index (χ1n) is 6.83. The van der Waals surface area contributed by atoms with Crippen molar-refractivity contribution >= 4 is 17.5 Å². The first kappa shape index (κ1) is 15.4. The first-order valence-corrected chi connectivity index (χ1v) is 7.20. The Hall–Kier alpha value is -2.01. The Bertz CT molecular complexity index is 598. The van der Waals surface area contributed by atoms with Gasteiger partial charge in [0, 0.05) is 6.04 Å². The fraction of sp³-hybridized carbons (Fsp3) is 0.333. The zero-order valence-corrected chi connectivity index (χ0v) is 12.8. The van der Waals surface area contributed by atoms with E-state index in [1.165, 1.54) is 0 Å². The number of nitrogens with zero attached hydrogens (tertiary/aromatic N) is 2. The van der Waals surface area contributed by atoms with Crippen molar-refractivity contribution < 1.29 is 9.53 Å². The van der Waals surface area contributed by atoms with Gasteiger partial charge in [-0.25, -0.2) is 4.68 Å². The minimum absolute atomic E-state index is 0.101. The smallest absolute Gasteiger partial charge is 0.258 e. The highest BCUT2D eigenvalue weighted by Crippen LogP contribution is 2.23. The number of carbonyl (C=O) groups excluding carboxylic acids is 1. The number of hydrogen-bond acceptors (Lipinski definition) is 3. The van der Waals surface area contributed by atoms with Crippen molar-refractivity contribution in [2.24, 2.45) is 0 Å². The van der Waals surface area contributed by atoms with Gasteiger partial charge < -0.3 is 10.1 Å². The lowest BCUT2D eigenvalue weighted by atomic mass is 10.2. The Kier molecular flexibility index (Phi) is 5.22. The average Bonchev–Trinajstić information content (AvgIpc) is 2.87. The number of benzene rings is 1. The Morgan fingerprint density at radius 3 is 2.81 bits per heavy atom. The molecule has 5 nitrogen and oxygen atoms in total. The second-order valence-corrected chi connectivity index (χ2v) is 5.13. The number of rotatable bonds is 6. The molecule has 0 unspecified atom stereocenters. The van der Waals surface area contributed by atoms with Gasteiger partial charge in [-0.15, -0.1) is 5.10 Å². The zero-order valence-electron chi connectivity index (χ0n) is 12.0. The molecular weight excluding hydrogens is 290 g/mol. The predicted octanol–water partition coefficient (Wildman–Crippen LogP) is 2.82. The second kappa shape index (κ2) is 7.13. The number of ether oxygens (including phenoxy) is 1. The van der Waals surface area contributed by atoms with Gasteiger partial charge in [0.05, 0.1) is 11.9 Å². The van der Waals surface area contributed by atoms with Crippen LogP contribution < -0.4 is 10.1 Å². The van der Waals surface area contributed by atoms with Crippen molar-refractivity contribution in [3.8, 4) is 11.6 Å². The van der Waals surface area contributed by atoms with E-state index in [0.717, 1.165) is 12.1 Å². The van der Waals surface area contributed by atoms with Crippen LogP contribution in [0.25, 0.3) is 5.69 Å². The molecule has 2 aromatic rings. The summed E-state index contributed by atoms with van der Waals surface area (Å²) in [5, 5.41) is 7.42. The lowest BCUT2D eigenvalue weighted by molar-refractivity contribution is -0.123. The van der Waals surface area contributed by atoms with Crippen LogP contribution in [0.5, 0.6) is 5.88 Å². The number of hydrogen-bond donors (Lipinski definition) is 1. The van der Waals surface area contributed by atoms with Gasteiger partial charge in [-0.05, 0) is 25.5 Å². The monoisotopic (exact) mass is 307 g/mol. The molecule has 0 spiro atoms. The van der Waals surface area contributed by atoms with E-state index in [1.807, 2.05) is 44.2 Å². The Labute approximate surface area is 128 Å². The Balaban J connectivity index is 1.99. The van der Waals surface area contributed by atoms with Crippen LogP contribution in [-0.4, -0.2) is 28.3 Å². The third kappa shape index (κ3) is 4.23. The van der Waals surface area contributed by atoms with E-state index in [4.69, 9.17) is 16.3 Å². The summed E-state index contributed by atoms with van der Waals surface area (Å²) in [6.45, 7) is 3.84. The third-order valence-electron chi connectivity index (χ3n) is 3.02. The maximum atomic E-state index is 11.7. The van der Waals surface area contributed by atoms with Gasteiger partial charge in [0.1, 0.15) is 5.02 Å². The number of amides is 1. The molecule has 6 heteroatoms. The van der Waals surface area contributed by atoms with E-state index in [9.17, 15) is 4.79 Å². The van der Waals surface area contributed by atoms with E-state index < -0.39 is 0 Å². The van der Waals surface area contributed by atoms with Crippen molar-refractivity contribution in [1.82, 2.24) is 15.1 Å². The molecule has 0 aliphatic rings. The molecule has 0 aliphatic heterocycles. The van der Waals surface area contributed by atoms with Crippen LogP contribution in [0, 0.1) is 0 Å². The van der Waals surface area contributed by atoms with E-state index in [-0.39, 0.29) is 24.4 Å². The highest BCUT2D eigenvalue weighted by Gasteiger charge is 2.12. The number of para-hydroxylation sites is 1. The van der Waals surface area contributed by atoms with Crippen LogP contribution in [0.1, 0.15) is 20.3 Å². The highest BCUT2D eigenvalue weighted by atomic mass is 35.5. The molecule has 0 saturated heterocycles. The molecule has 1 heterocycles. The van der Waals surface area contributed by atoms with Gasteiger partial charge in [0.2, 0.25) is 0 Å². The van der Waals surface area contributed by atoms with E-state index in [2.05, 4.69) is 10.4 Å². The molecular formula is C15H18ClN3O2. The van der Waals surface area contributed by atoms with Crippen LogP contribution in [0.3, 0.4) is 0 Å². The van der Waals surface area contributed by atoms with Crippen LogP contribution in [0.4, 0.5) is 0 Å². The first-order chi connectivity index (χ1) is 10.1. The van der Waals surface area contributed by atoms with Gasteiger partial charge in [-0.2, -0.15) is 0 Å². The molecule has 1 amide bonds. The molecule has 0 bridgehead atoms.